The average molecular weight is 396 g/mol. The molecule has 0 spiro atoms. The first-order chi connectivity index (χ1) is 14.3. The van der Waals surface area contributed by atoms with Gasteiger partial charge in [-0.1, -0.05) is 43.2 Å². The van der Waals surface area contributed by atoms with Gasteiger partial charge in [0.2, 0.25) is 0 Å². The lowest BCUT2D eigenvalue weighted by molar-refractivity contribution is 0.0383. The first kappa shape index (κ1) is 19.8. The maximum atomic E-state index is 12.8. The van der Waals surface area contributed by atoms with Crippen LogP contribution in [0.4, 0.5) is 5.82 Å². The third kappa shape index (κ3) is 5.52. The number of nitrogens with one attached hydrogen (secondary N) is 2. The molecule has 4 rings (SSSR count). The van der Waals surface area contributed by atoms with Gasteiger partial charge >= 0.3 is 0 Å². The van der Waals surface area contributed by atoms with Crippen molar-refractivity contribution in [2.24, 2.45) is 0 Å². The molecule has 2 heterocycles. The molecule has 0 radical (unpaired) electrons. The molecule has 1 saturated heterocycles. The van der Waals surface area contributed by atoms with Crippen molar-refractivity contribution in [1.29, 1.82) is 0 Å². The molecule has 7 nitrogen and oxygen atoms in total. The van der Waals surface area contributed by atoms with Gasteiger partial charge in [0.15, 0.2) is 5.82 Å². The molecule has 1 aliphatic carbocycles. The Balaban J connectivity index is 1.47. The summed E-state index contributed by atoms with van der Waals surface area (Å²) in [5, 5.41) is 6.51. The number of carbonyl (C=O) groups is 1. The summed E-state index contributed by atoms with van der Waals surface area (Å²) in [5.74, 6) is 1.14. The van der Waals surface area contributed by atoms with Crippen molar-refractivity contribution in [3.63, 3.8) is 0 Å². The van der Waals surface area contributed by atoms with Crippen molar-refractivity contribution in [2.75, 3.05) is 44.7 Å². The van der Waals surface area contributed by atoms with Crippen molar-refractivity contribution >= 4 is 11.7 Å². The summed E-state index contributed by atoms with van der Waals surface area (Å²) in [6, 6.07) is 12.0. The Hall–Kier alpha value is -2.51. The van der Waals surface area contributed by atoms with Crippen molar-refractivity contribution in [1.82, 2.24) is 20.2 Å². The summed E-state index contributed by atoms with van der Waals surface area (Å²) in [6.45, 7) is 4.76. The number of amides is 1. The number of benzene rings is 1. The highest BCUT2D eigenvalue weighted by Crippen LogP contribution is 2.23. The lowest BCUT2D eigenvalue weighted by Gasteiger charge is -2.26. The number of ether oxygens (including phenoxy) is 1. The second-order valence-corrected chi connectivity index (χ2v) is 7.66. The molecular formula is C22H29N5O2. The minimum absolute atomic E-state index is 0.160. The van der Waals surface area contributed by atoms with Crippen LogP contribution in [0.25, 0.3) is 11.4 Å². The van der Waals surface area contributed by atoms with E-state index in [0.29, 0.717) is 24.1 Å². The zero-order valence-electron chi connectivity index (χ0n) is 16.8. The van der Waals surface area contributed by atoms with E-state index in [1.165, 1.54) is 12.8 Å². The predicted octanol–water partition coefficient (Wildman–Crippen LogP) is 2.56. The first-order valence-electron chi connectivity index (χ1n) is 10.6. The maximum Gasteiger partial charge on any atom is 0.270 e. The van der Waals surface area contributed by atoms with Gasteiger partial charge in [0.1, 0.15) is 11.5 Å². The Morgan fingerprint density at radius 3 is 2.62 bits per heavy atom. The van der Waals surface area contributed by atoms with Crippen LogP contribution in [-0.2, 0) is 4.74 Å². The third-order valence-corrected chi connectivity index (χ3v) is 5.52. The van der Waals surface area contributed by atoms with Crippen LogP contribution in [0.1, 0.15) is 36.2 Å². The molecule has 1 amide bonds. The SMILES string of the molecule is O=C(NCCN1CCOCC1)c1cc(NC2CCCC2)nc(-c2ccccc2)n1. The lowest BCUT2D eigenvalue weighted by atomic mass is 10.2. The summed E-state index contributed by atoms with van der Waals surface area (Å²) in [7, 11) is 0. The van der Waals surface area contributed by atoms with Crippen LogP contribution in [0.15, 0.2) is 36.4 Å². The minimum atomic E-state index is -0.160. The van der Waals surface area contributed by atoms with E-state index in [4.69, 9.17) is 4.74 Å². The number of hydrogen-bond donors (Lipinski definition) is 2. The average Bonchev–Trinajstić information content (AvgIpc) is 3.28. The van der Waals surface area contributed by atoms with Gasteiger partial charge in [-0.05, 0) is 12.8 Å². The summed E-state index contributed by atoms with van der Waals surface area (Å²) >= 11 is 0. The van der Waals surface area contributed by atoms with Crippen LogP contribution in [0, 0.1) is 0 Å². The van der Waals surface area contributed by atoms with Crippen molar-refractivity contribution in [3.8, 4) is 11.4 Å². The van der Waals surface area contributed by atoms with E-state index in [1.807, 2.05) is 30.3 Å². The fourth-order valence-corrected chi connectivity index (χ4v) is 3.88. The van der Waals surface area contributed by atoms with E-state index >= 15 is 0 Å². The number of morpholine rings is 1. The smallest absolute Gasteiger partial charge is 0.270 e. The van der Waals surface area contributed by atoms with Crippen LogP contribution in [0.3, 0.4) is 0 Å². The fraction of sp³-hybridized carbons (Fsp3) is 0.500. The number of nitrogens with zero attached hydrogens (tertiary/aromatic N) is 3. The van der Waals surface area contributed by atoms with Crippen molar-refractivity contribution in [3.05, 3.63) is 42.1 Å². The Morgan fingerprint density at radius 2 is 1.86 bits per heavy atom. The summed E-state index contributed by atoms with van der Waals surface area (Å²) < 4.78 is 5.37. The highest BCUT2D eigenvalue weighted by atomic mass is 16.5. The van der Waals surface area contributed by atoms with Crippen LogP contribution in [-0.4, -0.2) is 66.2 Å². The molecule has 0 atom stereocenters. The number of aromatic nitrogens is 2. The van der Waals surface area contributed by atoms with E-state index in [2.05, 4.69) is 25.5 Å². The summed E-state index contributed by atoms with van der Waals surface area (Å²) in [5.41, 5.74) is 1.31. The zero-order chi connectivity index (χ0) is 19.9. The van der Waals surface area contributed by atoms with Gasteiger partial charge in [-0.2, -0.15) is 0 Å². The molecule has 29 heavy (non-hydrogen) atoms. The van der Waals surface area contributed by atoms with Crippen LogP contribution >= 0.6 is 0 Å². The molecular weight excluding hydrogens is 366 g/mol. The first-order valence-corrected chi connectivity index (χ1v) is 10.6. The lowest BCUT2D eigenvalue weighted by Crippen LogP contribution is -2.41. The summed E-state index contributed by atoms with van der Waals surface area (Å²) in [4.78, 5) is 24.3. The Bertz CT molecular complexity index is 802. The maximum absolute atomic E-state index is 12.8. The molecule has 2 aliphatic rings. The largest absolute Gasteiger partial charge is 0.379 e. The Morgan fingerprint density at radius 1 is 1.10 bits per heavy atom. The Kier molecular flexibility index (Phi) is 6.69. The minimum Gasteiger partial charge on any atom is -0.379 e. The van der Waals surface area contributed by atoms with Gasteiger partial charge in [0.25, 0.3) is 5.91 Å². The zero-order valence-corrected chi connectivity index (χ0v) is 16.8. The molecule has 2 fully saturated rings. The van der Waals surface area contributed by atoms with Crippen LogP contribution in [0.5, 0.6) is 0 Å². The summed E-state index contributed by atoms with van der Waals surface area (Å²) in [6.07, 6.45) is 4.77. The van der Waals surface area contributed by atoms with Gasteiger partial charge in [-0.3, -0.25) is 9.69 Å². The second kappa shape index (κ2) is 9.80. The third-order valence-electron chi connectivity index (χ3n) is 5.52. The normalized spacial score (nSPS) is 17.9. The highest BCUT2D eigenvalue weighted by molar-refractivity contribution is 5.93. The molecule has 7 heteroatoms. The van der Waals surface area contributed by atoms with E-state index in [9.17, 15) is 4.79 Å². The van der Waals surface area contributed by atoms with E-state index in [1.54, 1.807) is 6.07 Å². The topological polar surface area (TPSA) is 79.4 Å². The highest BCUT2D eigenvalue weighted by Gasteiger charge is 2.18. The Labute approximate surface area is 171 Å². The number of anilines is 1. The van der Waals surface area contributed by atoms with E-state index < -0.39 is 0 Å². The fourth-order valence-electron chi connectivity index (χ4n) is 3.88. The van der Waals surface area contributed by atoms with Gasteiger partial charge in [-0.25, -0.2) is 9.97 Å². The molecule has 1 aromatic heterocycles. The van der Waals surface area contributed by atoms with Crippen molar-refractivity contribution < 1.29 is 9.53 Å². The van der Waals surface area contributed by atoms with Gasteiger partial charge in [0, 0.05) is 43.9 Å². The molecule has 2 aromatic rings. The molecule has 0 unspecified atom stereocenters. The van der Waals surface area contributed by atoms with Crippen molar-refractivity contribution in [2.45, 2.75) is 31.7 Å². The molecule has 0 bridgehead atoms. The van der Waals surface area contributed by atoms with Crippen LogP contribution < -0.4 is 10.6 Å². The number of hydrogen-bond acceptors (Lipinski definition) is 6. The number of carbonyl (C=O) groups excluding carboxylic acids is 1. The molecule has 1 saturated carbocycles. The number of rotatable bonds is 7. The van der Waals surface area contributed by atoms with Gasteiger partial charge in [0.05, 0.1) is 13.2 Å². The van der Waals surface area contributed by atoms with Gasteiger partial charge < -0.3 is 15.4 Å². The van der Waals surface area contributed by atoms with E-state index in [0.717, 1.165) is 57.1 Å². The predicted molar refractivity (Wildman–Crippen MR) is 113 cm³/mol. The monoisotopic (exact) mass is 395 g/mol. The molecule has 2 N–H and O–H groups in total. The second-order valence-electron chi connectivity index (χ2n) is 7.66. The molecule has 1 aliphatic heterocycles. The standard InChI is InChI=1S/C22H29N5O2/c28-22(23-10-11-27-12-14-29-15-13-27)19-16-20(24-18-8-4-5-9-18)26-21(25-19)17-6-2-1-3-7-17/h1-3,6-7,16,18H,4-5,8-15H2,(H,23,28)(H,24,25,26). The molecule has 1 aromatic carbocycles. The van der Waals surface area contributed by atoms with E-state index in [-0.39, 0.29) is 5.91 Å². The molecule has 154 valence electrons. The van der Waals surface area contributed by atoms with Gasteiger partial charge in [-0.15, -0.1) is 0 Å². The quantitative estimate of drug-likeness (QED) is 0.750. The van der Waals surface area contributed by atoms with Crippen LogP contribution in [0.2, 0.25) is 0 Å².